The molecule has 0 N–H and O–H groups in total. The van der Waals surface area contributed by atoms with Crippen molar-refractivity contribution in [3.63, 3.8) is 0 Å². The van der Waals surface area contributed by atoms with E-state index in [1.807, 2.05) is 31.2 Å². The number of piperidine rings is 1. The lowest BCUT2D eigenvalue weighted by Gasteiger charge is -2.44. The number of para-hydroxylation sites is 1. The second-order valence-corrected chi connectivity index (χ2v) is 10.9. The number of hydrogen-bond acceptors (Lipinski definition) is 4. The number of Topliss-reactive ketones (excluding diaryl/α,β-unsaturated/α-hetero) is 1. The third-order valence-corrected chi connectivity index (χ3v) is 8.90. The molecule has 5 nitrogen and oxygen atoms in total. The van der Waals surface area contributed by atoms with E-state index in [0.717, 1.165) is 55.7 Å². The van der Waals surface area contributed by atoms with E-state index < -0.39 is 5.41 Å². The van der Waals surface area contributed by atoms with E-state index in [4.69, 9.17) is 5.10 Å². The molecule has 1 aliphatic heterocycles. The average molecular weight is 495 g/mol. The summed E-state index contributed by atoms with van der Waals surface area (Å²) < 4.78 is 17.3. The highest BCUT2D eigenvalue weighted by Crippen LogP contribution is 2.52. The Morgan fingerprint density at radius 1 is 1.05 bits per heavy atom. The quantitative estimate of drug-likeness (QED) is 0.447. The minimum Gasteiger partial charge on any atom is -0.371 e. The van der Waals surface area contributed by atoms with E-state index in [9.17, 15) is 10.1 Å². The summed E-state index contributed by atoms with van der Waals surface area (Å²) in [5, 5.41) is 15.0. The molecule has 3 aromatic rings. The fourth-order valence-corrected chi connectivity index (χ4v) is 6.96. The molecule has 2 aliphatic carbocycles. The topological polar surface area (TPSA) is 61.9 Å². The molecule has 3 atom stereocenters. The predicted molar refractivity (Wildman–Crippen MR) is 142 cm³/mol. The van der Waals surface area contributed by atoms with Gasteiger partial charge in [0.15, 0.2) is 5.78 Å². The number of halogens is 1. The number of allylic oxidation sites excluding steroid dienone is 2. The zero-order chi connectivity index (χ0) is 25.7. The zero-order valence-electron chi connectivity index (χ0n) is 21.3. The normalized spacial score (nSPS) is 25.7. The number of carbonyl (C=O) groups excluding carboxylic acids is 1. The van der Waals surface area contributed by atoms with Gasteiger partial charge >= 0.3 is 0 Å². The van der Waals surface area contributed by atoms with Gasteiger partial charge in [0.1, 0.15) is 11.9 Å². The van der Waals surface area contributed by atoms with Crippen LogP contribution in [0.5, 0.6) is 0 Å². The van der Waals surface area contributed by atoms with Gasteiger partial charge in [0, 0.05) is 41.2 Å². The lowest BCUT2D eigenvalue weighted by Crippen LogP contribution is -2.45. The van der Waals surface area contributed by atoms with E-state index in [2.05, 4.69) is 46.8 Å². The van der Waals surface area contributed by atoms with Crippen LogP contribution >= 0.6 is 0 Å². The summed E-state index contributed by atoms with van der Waals surface area (Å²) in [5.41, 5.74) is 4.31. The van der Waals surface area contributed by atoms with Crippen molar-refractivity contribution >= 4 is 11.5 Å². The first-order valence-corrected chi connectivity index (χ1v) is 13.3. The molecular formula is C31H31FN4O. The molecule has 6 heteroatoms. The first-order valence-electron chi connectivity index (χ1n) is 13.3. The van der Waals surface area contributed by atoms with Crippen molar-refractivity contribution < 1.29 is 9.18 Å². The fourth-order valence-electron chi connectivity index (χ4n) is 6.96. The van der Waals surface area contributed by atoms with Gasteiger partial charge in [0.2, 0.25) is 0 Å². The van der Waals surface area contributed by atoms with Crippen LogP contribution in [0.2, 0.25) is 0 Å². The highest BCUT2D eigenvalue weighted by atomic mass is 19.1. The lowest BCUT2D eigenvalue weighted by molar-refractivity contribution is -0.121. The highest BCUT2D eigenvalue weighted by molar-refractivity contribution is 6.02. The van der Waals surface area contributed by atoms with E-state index in [1.165, 1.54) is 11.8 Å². The first kappa shape index (κ1) is 23.7. The van der Waals surface area contributed by atoms with E-state index in [-0.39, 0.29) is 35.1 Å². The first-order chi connectivity index (χ1) is 17.9. The van der Waals surface area contributed by atoms with Gasteiger partial charge in [-0.15, -0.1) is 0 Å². The largest absolute Gasteiger partial charge is 0.371 e. The van der Waals surface area contributed by atoms with Crippen molar-refractivity contribution in [2.45, 2.75) is 51.0 Å². The van der Waals surface area contributed by atoms with E-state index in [0.29, 0.717) is 5.56 Å². The number of anilines is 1. The second-order valence-electron chi connectivity index (χ2n) is 10.9. The number of nitriles is 1. The summed E-state index contributed by atoms with van der Waals surface area (Å²) >= 11 is 0. The third kappa shape index (κ3) is 3.71. The van der Waals surface area contributed by atoms with Gasteiger partial charge in [-0.1, -0.05) is 50.3 Å². The molecule has 188 valence electrons. The van der Waals surface area contributed by atoms with Crippen molar-refractivity contribution in [1.29, 1.82) is 5.26 Å². The molecule has 0 bridgehead atoms. The summed E-state index contributed by atoms with van der Waals surface area (Å²) in [5.74, 6) is -0.494. The third-order valence-electron chi connectivity index (χ3n) is 8.90. The zero-order valence-corrected chi connectivity index (χ0v) is 21.3. The van der Waals surface area contributed by atoms with Crippen LogP contribution in [-0.2, 0) is 16.6 Å². The Balaban J connectivity index is 1.46. The summed E-state index contributed by atoms with van der Waals surface area (Å²) in [7, 11) is 0. The van der Waals surface area contributed by atoms with E-state index >= 15 is 4.39 Å². The van der Waals surface area contributed by atoms with Gasteiger partial charge in [0.25, 0.3) is 0 Å². The molecule has 2 aromatic carbocycles. The van der Waals surface area contributed by atoms with Crippen LogP contribution in [-0.4, -0.2) is 28.7 Å². The Kier molecular flexibility index (Phi) is 5.75. The van der Waals surface area contributed by atoms with Crippen LogP contribution in [0.15, 0.2) is 66.2 Å². The van der Waals surface area contributed by atoms with Crippen LogP contribution in [0.1, 0.15) is 50.4 Å². The number of rotatable bonds is 3. The number of aromatic nitrogens is 2. The lowest BCUT2D eigenvalue weighted by atomic mass is 9.58. The van der Waals surface area contributed by atoms with Gasteiger partial charge in [-0.3, -0.25) is 9.48 Å². The second kappa shape index (κ2) is 8.99. The summed E-state index contributed by atoms with van der Waals surface area (Å²) in [6, 6.07) is 19.7. The number of hydrogen-bond donors (Lipinski definition) is 0. The van der Waals surface area contributed by atoms with Crippen molar-refractivity contribution in [2.75, 3.05) is 18.0 Å². The molecule has 3 aliphatic rings. The summed E-state index contributed by atoms with van der Waals surface area (Å²) in [6.07, 6.45) is 5.22. The SMILES string of the molecule is C[C@H]1C(=O)C(C#N)=C[C@@]2(C)c3nn(C4CCN(c5ccccc5)CC4)c(-c4ccccc4F)c3CC[C@H]12. The van der Waals surface area contributed by atoms with Crippen LogP contribution < -0.4 is 4.90 Å². The van der Waals surface area contributed by atoms with Gasteiger partial charge in [-0.25, -0.2) is 4.39 Å². The summed E-state index contributed by atoms with van der Waals surface area (Å²) in [4.78, 5) is 15.2. The number of nitrogens with zero attached hydrogens (tertiary/aromatic N) is 4. The molecule has 0 amide bonds. The number of fused-ring (bicyclic) bond motifs is 3. The van der Waals surface area contributed by atoms with Gasteiger partial charge in [-0.05, 0) is 55.9 Å². The minimum atomic E-state index is -0.540. The van der Waals surface area contributed by atoms with Crippen molar-refractivity contribution in [2.24, 2.45) is 11.8 Å². The van der Waals surface area contributed by atoms with Crippen LogP contribution in [0, 0.1) is 29.0 Å². The average Bonchev–Trinajstić information content (AvgIpc) is 3.32. The standard InChI is InChI=1S/C31H31FN4O/c1-20-26-13-12-25-28(24-10-6-7-11-27(24)32)36(34-30(25)31(26,2)18-21(19-33)29(20)37)23-14-16-35(17-15-23)22-8-4-3-5-9-22/h3-11,18,20,23,26H,12-17H2,1-2H3/t20-,26-,31-/m1/s1. The molecule has 6 rings (SSSR count). The Morgan fingerprint density at radius 3 is 2.46 bits per heavy atom. The van der Waals surface area contributed by atoms with E-state index in [1.54, 1.807) is 6.07 Å². The Morgan fingerprint density at radius 2 is 1.76 bits per heavy atom. The molecular weight excluding hydrogens is 463 g/mol. The molecule has 0 unspecified atom stereocenters. The monoisotopic (exact) mass is 494 g/mol. The molecule has 1 fully saturated rings. The molecule has 0 saturated carbocycles. The maximum atomic E-state index is 15.3. The maximum Gasteiger partial charge on any atom is 0.176 e. The Bertz CT molecular complexity index is 1430. The van der Waals surface area contributed by atoms with Gasteiger partial charge < -0.3 is 4.90 Å². The maximum absolute atomic E-state index is 15.3. The fraction of sp³-hybridized carbons (Fsp3) is 0.387. The van der Waals surface area contributed by atoms with Crippen LogP contribution in [0.25, 0.3) is 11.3 Å². The Hall–Kier alpha value is -3.72. The number of benzene rings is 2. The molecule has 37 heavy (non-hydrogen) atoms. The number of carbonyl (C=O) groups is 1. The van der Waals surface area contributed by atoms with Crippen molar-refractivity contribution in [3.05, 3.63) is 83.3 Å². The smallest absolute Gasteiger partial charge is 0.176 e. The molecule has 1 aromatic heterocycles. The van der Waals surface area contributed by atoms with Gasteiger partial charge in [0.05, 0.1) is 23.0 Å². The van der Waals surface area contributed by atoms with Gasteiger partial charge in [-0.2, -0.15) is 10.4 Å². The molecule has 2 heterocycles. The van der Waals surface area contributed by atoms with Crippen molar-refractivity contribution in [1.82, 2.24) is 9.78 Å². The summed E-state index contributed by atoms with van der Waals surface area (Å²) in [6.45, 7) is 5.85. The molecule has 1 saturated heterocycles. The molecule has 0 radical (unpaired) electrons. The Labute approximate surface area is 217 Å². The highest BCUT2D eigenvalue weighted by Gasteiger charge is 2.50. The predicted octanol–water partition coefficient (Wildman–Crippen LogP) is 6.02. The van der Waals surface area contributed by atoms with Crippen molar-refractivity contribution in [3.8, 4) is 17.3 Å². The van der Waals surface area contributed by atoms with Crippen LogP contribution in [0.3, 0.4) is 0 Å². The minimum absolute atomic E-state index is 0.0707. The molecule has 0 spiro atoms. The number of ketones is 1. The van der Waals surface area contributed by atoms with Crippen LogP contribution in [0.4, 0.5) is 10.1 Å².